The zero-order valence-electron chi connectivity index (χ0n) is 13.2. The van der Waals surface area contributed by atoms with Gasteiger partial charge in [0.05, 0.1) is 14.2 Å². The maximum Gasteiger partial charge on any atom is 0.262 e. The van der Waals surface area contributed by atoms with Crippen molar-refractivity contribution in [3.63, 3.8) is 0 Å². The molecule has 0 fully saturated rings. The second-order valence-electron chi connectivity index (χ2n) is 4.82. The smallest absolute Gasteiger partial charge is 0.262 e. The molecule has 0 aliphatic rings. The number of nitrogens with one attached hydrogen (secondary N) is 1. The van der Waals surface area contributed by atoms with Crippen LogP contribution in [0.2, 0.25) is 0 Å². The summed E-state index contributed by atoms with van der Waals surface area (Å²) in [7, 11) is 3.10. The molecule has 2 aromatic carbocycles. The first kappa shape index (κ1) is 17.1. The summed E-state index contributed by atoms with van der Waals surface area (Å²) in [6.45, 7) is 1.88. The molecule has 0 heterocycles. The first-order chi connectivity index (χ1) is 11.0. The topological polar surface area (TPSA) is 56.8 Å². The van der Waals surface area contributed by atoms with Crippen LogP contribution in [-0.2, 0) is 4.79 Å². The monoisotopic (exact) mass is 379 g/mol. The van der Waals surface area contributed by atoms with Gasteiger partial charge in [-0.1, -0.05) is 15.9 Å². The van der Waals surface area contributed by atoms with Crippen molar-refractivity contribution in [1.82, 2.24) is 0 Å². The van der Waals surface area contributed by atoms with E-state index in [0.717, 1.165) is 10.0 Å². The lowest BCUT2D eigenvalue weighted by atomic mass is 10.2. The Kier molecular flexibility index (Phi) is 5.87. The van der Waals surface area contributed by atoms with Crippen molar-refractivity contribution in [2.45, 2.75) is 6.92 Å². The van der Waals surface area contributed by atoms with Crippen molar-refractivity contribution in [2.24, 2.45) is 0 Å². The molecule has 0 aliphatic heterocycles. The number of halogens is 1. The van der Waals surface area contributed by atoms with E-state index in [9.17, 15) is 4.79 Å². The highest BCUT2D eigenvalue weighted by molar-refractivity contribution is 9.10. The van der Waals surface area contributed by atoms with Gasteiger partial charge in [-0.3, -0.25) is 4.79 Å². The third-order valence-electron chi connectivity index (χ3n) is 3.17. The molecule has 23 heavy (non-hydrogen) atoms. The maximum absolute atomic E-state index is 12.0. The molecule has 0 aromatic heterocycles. The summed E-state index contributed by atoms with van der Waals surface area (Å²) in [5.41, 5.74) is 1.66. The van der Waals surface area contributed by atoms with Gasteiger partial charge in [0.15, 0.2) is 18.1 Å². The third-order valence-corrected chi connectivity index (χ3v) is 4.06. The molecule has 0 saturated carbocycles. The van der Waals surface area contributed by atoms with Gasteiger partial charge in [0.1, 0.15) is 5.75 Å². The molecule has 1 amide bonds. The molecule has 0 spiro atoms. The first-order valence-electron chi connectivity index (χ1n) is 6.94. The Morgan fingerprint density at radius 2 is 1.83 bits per heavy atom. The standard InChI is InChI=1S/C17H18BrNO4/c1-11-8-13(5-6-14(11)18)23-10-17(20)19-12-4-7-15(21-2)16(9-12)22-3/h4-9H,10H2,1-3H3,(H,19,20). The van der Waals surface area contributed by atoms with Crippen LogP contribution in [0.3, 0.4) is 0 Å². The second-order valence-corrected chi connectivity index (χ2v) is 5.67. The number of carbonyl (C=O) groups excluding carboxylic acids is 1. The van der Waals surface area contributed by atoms with E-state index in [1.807, 2.05) is 19.1 Å². The largest absolute Gasteiger partial charge is 0.493 e. The summed E-state index contributed by atoms with van der Waals surface area (Å²) >= 11 is 3.42. The van der Waals surface area contributed by atoms with Crippen LogP contribution < -0.4 is 19.5 Å². The minimum atomic E-state index is -0.252. The van der Waals surface area contributed by atoms with Gasteiger partial charge in [-0.15, -0.1) is 0 Å². The van der Waals surface area contributed by atoms with Crippen molar-refractivity contribution in [3.05, 3.63) is 46.4 Å². The molecule has 0 bridgehead atoms. The highest BCUT2D eigenvalue weighted by atomic mass is 79.9. The normalized spacial score (nSPS) is 10.1. The molecule has 0 aliphatic carbocycles. The number of amides is 1. The zero-order chi connectivity index (χ0) is 16.8. The van der Waals surface area contributed by atoms with Gasteiger partial charge in [-0.05, 0) is 42.8 Å². The van der Waals surface area contributed by atoms with Crippen LogP contribution in [-0.4, -0.2) is 26.7 Å². The number of methoxy groups -OCH3 is 2. The Morgan fingerprint density at radius 1 is 1.09 bits per heavy atom. The predicted octanol–water partition coefficient (Wildman–Crippen LogP) is 3.79. The quantitative estimate of drug-likeness (QED) is 0.829. The number of ether oxygens (including phenoxy) is 3. The second kappa shape index (κ2) is 7.87. The first-order valence-corrected chi connectivity index (χ1v) is 7.73. The summed E-state index contributed by atoms with van der Waals surface area (Å²) < 4.78 is 16.8. The van der Waals surface area contributed by atoms with Crippen LogP contribution in [0, 0.1) is 6.92 Å². The minimum Gasteiger partial charge on any atom is -0.493 e. The highest BCUT2D eigenvalue weighted by Crippen LogP contribution is 2.29. The van der Waals surface area contributed by atoms with E-state index in [2.05, 4.69) is 21.2 Å². The van der Waals surface area contributed by atoms with E-state index in [0.29, 0.717) is 22.9 Å². The number of anilines is 1. The summed E-state index contributed by atoms with van der Waals surface area (Å²) in [6, 6.07) is 10.7. The SMILES string of the molecule is COc1ccc(NC(=O)COc2ccc(Br)c(C)c2)cc1OC. The fourth-order valence-electron chi connectivity index (χ4n) is 1.97. The highest BCUT2D eigenvalue weighted by Gasteiger charge is 2.08. The minimum absolute atomic E-state index is 0.0740. The van der Waals surface area contributed by atoms with E-state index in [4.69, 9.17) is 14.2 Å². The van der Waals surface area contributed by atoms with Crippen LogP contribution in [0.4, 0.5) is 5.69 Å². The number of carbonyl (C=O) groups is 1. The van der Waals surface area contributed by atoms with E-state index in [1.54, 1.807) is 38.5 Å². The molecule has 0 radical (unpaired) electrons. The van der Waals surface area contributed by atoms with Gasteiger partial charge >= 0.3 is 0 Å². The van der Waals surface area contributed by atoms with Crippen LogP contribution >= 0.6 is 15.9 Å². The van der Waals surface area contributed by atoms with E-state index >= 15 is 0 Å². The molecular formula is C17H18BrNO4. The van der Waals surface area contributed by atoms with Crippen LogP contribution in [0.25, 0.3) is 0 Å². The Morgan fingerprint density at radius 3 is 2.48 bits per heavy atom. The molecule has 2 aromatic rings. The van der Waals surface area contributed by atoms with Crippen molar-refractivity contribution >= 4 is 27.5 Å². The van der Waals surface area contributed by atoms with E-state index in [1.165, 1.54) is 0 Å². The lowest BCUT2D eigenvalue weighted by Crippen LogP contribution is -2.20. The Bertz CT molecular complexity index is 703. The van der Waals surface area contributed by atoms with Gasteiger partial charge in [0, 0.05) is 16.2 Å². The molecule has 2 rings (SSSR count). The lowest BCUT2D eigenvalue weighted by molar-refractivity contribution is -0.118. The Labute approximate surface area is 143 Å². The molecule has 0 saturated heterocycles. The van der Waals surface area contributed by atoms with Gasteiger partial charge in [0.2, 0.25) is 0 Å². The fraction of sp³-hybridized carbons (Fsp3) is 0.235. The molecule has 0 atom stereocenters. The number of rotatable bonds is 6. The number of hydrogen-bond donors (Lipinski definition) is 1. The average molecular weight is 380 g/mol. The van der Waals surface area contributed by atoms with Gasteiger partial charge in [-0.2, -0.15) is 0 Å². The third kappa shape index (κ3) is 4.63. The van der Waals surface area contributed by atoms with E-state index < -0.39 is 0 Å². The van der Waals surface area contributed by atoms with Crippen molar-refractivity contribution in [2.75, 3.05) is 26.1 Å². The molecular weight excluding hydrogens is 362 g/mol. The molecule has 0 unspecified atom stereocenters. The lowest BCUT2D eigenvalue weighted by Gasteiger charge is -2.11. The zero-order valence-corrected chi connectivity index (χ0v) is 14.8. The summed E-state index contributed by atoms with van der Waals surface area (Å²) in [6.07, 6.45) is 0. The van der Waals surface area contributed by atoms with Crippen LogP contribution in [0.5, 0.6) is 17.2 Å². The van der Waals surface area contributed by atoms with Gasteiger partial charge < -0.3 is 19.5 Å². The molecule has 122 valence electrons. The average Bonchev–Trinajstić information content (AvgIpc) is 2.55. The summed E-state index contributed by atoms with van der Waals surface area (Å²) in [5, 5.41) is 2.76. The summed E-state index contributed by atoms with van der Waals surface area (Å²) in [5.74, 6) is 1.55. The van der Waals surface area contributed by atoms with Gasteiger partial charge in [0.25, 0.3) is 5.91 Å². The van der Waals surface area contributed by atoms with Crippen molar-refractivity contribution < 1.29 is 19.0 Å². The summed E-state index contributed by atoms with van der Waals surface area (Å²) in [4.78, 5) is 12.0. The Balaban J connectivity index is 1.95. The fourth-order valence-corrected chi connectivity index (χ4v) is 2.21. The molecule has 5 nitrogen and oxygen atoms in total. The van der Waals surface area contributed by atoms with Crippen molar-refractivity contribution in [3.8, 4) is 17.2 Å². The van der Waals surface area contributed by atoms with Gasteiger partial charge in [-0.25, -0.2) is 0 Å². The van der Waals surface area contributed by atoms with Crippen LogP contribution in [0.15, 0.2) is 40.9 Å². The number of benzene rings is 2. The molecule has 1 N–H and O–H groups in total. The number of hydrogen-bond acceptors (Lipinski definition) is 4. The maximum atomic E-state index is 12.0. The number of aryl methyl sites for hydroxylation is 1. The predicted molar refractivity (Wildman–Crippen MR) is 92.5 cm³/mol. The van der Waals surface area contributed by atoms with Crippen LogP contribution in [0.1, 0.15) is 5.56 Å². The van der Waals surface area contributed by atoms with E-state index in [-0.39, 0.29) is 12.5 Å². The Hall–Kier alpha value is -2.21. The van der Waals surface area contributed by atoms with Crippen molar-refractivity contribution in [1.29, 1.82) is 0 Å². The molecule has 6 heteroatoms.